The minimum atomic E-state index is -4.62. The molecule has 0 aliphatic rings. The summed E-state index contributed by atoms with van der Waals surface area (Å²) in [5.41, 5.74) is -1.12. The number of furan rings is 1. The second-order valence-corrected chi connectivity index (χ2v) is 6.43. The fourth-order valence-electron chi connectivity index (χ4n) is 2.48. The molecule has 3 rings (SSSR count). The molecule has 0 radical (unpaired) electrons. The van der Waals surface area contributed by atoms with Gasteiger partial charge in [0.25, 0.3) is 5.91 Å². The van der Waals surface area contributed by atoms with Gasteiger partial charge in [0, 0.05) is 11.6 Å². The smallest absolute Gasteiger partial charge is 0.416 e. The van der Waals surface area contributed by atoms with Crippen LogP contribution in [-0.4, -0.2) is 5.91 Å². The predicted octanol–water partition coefficient (Wildman–Crippen LogP) is 6.30. The summed E-state index contributed by atoms with van der Waals surface area (Å²) in [6, 6.07) is 12.7. The van der Waals surface area contributed by atoms with Crippen LogP contribution < -0.4 is 5.32 Å². The van der Waals surface area contributed by atoms with Crippen molar-refractivity contribution < 1.29 is 26.8 Å². The molecule has 0 saturated carbocycles. The fourth-order valence-corrected chi connectivity index (χ4v) is 2.64. The van der Waals surface area contributed by atoms with Crippen molar-refractivity contribution in [1.82, 2.24) is 0 Å². The topological polar surface area (TPSA) is 66.0 Å². The molecule has 1 N–H and O–H groups in total. The van der Waals surface area contributed by atoms with Gasteiger partial charge in [-0.05, 0) is 54.6 Å². The van der Waals surface area contributed by atoms with Gasteiger partial charge in [-0.25, -0.2) is 4.39 Å². The van der Waals surface area contributed by atoms with Crippen LogP contribution in [0.3, 0.4) is 0 Å². The Kier molecular flexibility index (Phi) is 5.94. The molecule has 4 nitrogen and oxygen atoms in total. The first-order valence-electron chi connectivity index (χ1n) is 8.33. The second-order valence-electron chi connectivity index (χ2n) is 6.03. The van der Waals surface area contributed by atoms with Gasteiger partial charge in [-0.1, -0.05) is 11.6 Å². The molecular weight excluding hydrogens is 424 g/mol. The van der Waals surface area contributed by atoms with Crippen LogP contribution in [0.5, 0.6) is 0 Å². The maximum Gasteiger partial charge on any atom is 0.416 e. The number of anilines is 1. The molecule has 1 amide bonds. The van der Waals surface area contributed by atoms with E-state index in [1.165, 1.54) is 30.3 Å². The predicted molar refractivity (Wildman–Crippen MR) is 103 cm³/mol. The molecule has 2 aromatic carbocycles. The number of nitriles is 1. The van der Waals surface area contributed by atoms with Crippen molar-refractivity contribution >= 4 is 29.3 Å². The Balaban J connectivity index is 1.83. The van der Waals surface area contributed by atoms with Crippen LogP contribution in [-0.2, 0) is 11.0 Å². The van der Waals surface area contributed by atoms with Gasteiger partial charge in [0.2, 0.25) is 0 Å². The third-order valence-electron chi connectivity index (χ3n) is 3.95. The van der Waals surface area contributed by atoms with E-state index < -0.39 is 29.0 Å². The zero-order chi connectivity index (χ0) is 21.9. The molecule has 1 aromatic heterocycles. The van der Waals surface area contributed by atoms with Gasteiger partial charge in [0.1, 0.15) is 29.0 Å². The Morgan fingerprint density at radius 2 is 1.80 bits per heavy atom. The molecule has 0 aliphatic carbocycles. The van der Waals surface area contributed by atoms with Crippen LogP contribution in [0, 0.1) is 17.1 Å². The normalized spacial score (nSPS) is 11.8. The second kappa shape index (κ2) is 8.43. The van der Waals surface area contributed by atoms with Crippen molar-refractivity contribution in [2.24, 2.45) is 0 Å². The number of rotatable bonds is 4. The number of carbonyl (C=O) groups excluding carboxylic acids is 1. The third-order valence-corrected chi connectivity index (χ3v) is 4.28. The summed E-state index contributed by atoms with van der Waals surface area (Å²) in [6.45, 7) is 0. The van der Waals surface area contributed by atoms with Crippen molar-refractivity contribution in [1.29, 1.82) is 5.26 Å². The largest absolute Gasteiger partial charge is 0.457 e. The highest BCUT2D eigenvalue weighted by molar-refractivity contribution is 6.34. The van der Waals surface area contributed by atoms with Crippen LogP contribution in [0.25, 0.3) is 17.4 Å². The minimum absolute atomic E-state index is 0.120. The fraction of sp³-hybridized carbons (Fsp3) is 0.0476. The monoisotopic (exact) mass is 434 g/mol. The quantitative estimate of drug-likeness (QED) is 0.297. The molecule has 0 bridgehead atoms. The van der Waals surface area contributed by atoms with E-state index in [0.29, 0.717) is 17.4 Å². The molecular formula is C21H11ClF4N2O2. The van der Waals surface area contributed by atoms with E-state index in [1.54, 1.807) is 12.1 Å². The Bertz CT molecular complexity index is 1160. The van der Waals surface area contributed by atoms with E-state index in [-0.39, 0.29) is 16.5 Å². The average Bonchev–Trinajstić information content (AvgIpc) is 3.16. The molecule has 0 saturated heterocycles. The average molecular weight is 435 g/mol. The lowest BCUT2D eigenvalue weighted by molar-refractivity contribution is -0.137. The van der Waals surface area contributed by atoms with Gasteiger partial charge in [-0.2, -0.15) is 18.4 Å². The Labute approximate surface area is 173 Å². The molecule has 0 fully saturated rings. The van der Waals surface area contributed by atoms with Gasteiger partial charge >= 0.3 is 6.18 Å². The van der Waals surface area contributed by atoms with E-state index in [9.17, 15) is 27.6 Å². The molecule has 3 aromatic rings. The summed E-state index contributed by atoms with van der Waals surface area (Å²) in [5.74, 6) is -0.850. The summed E-state index contributed by atoms with van der Waals surface area (Å²) in [5, 5.41) is 11.3. The Morgan fingerprint density at radius 3 is 2.43 bits per heavy atom. The van der Waals surface area contributed by atoms with E-state index in [1.807, 2.05) is 0 Å². The lowest BCUT2D eigenvalue weighted by Gasteiger charge is -2.11. The third kappa shape index (κ3) is 4.88. The zero-order valence-corrected chi connectivity index (χ0v) is 15.7. The first kappa shape index (κ1) is 21.1. The summed E-state index contributed by atoms with van der Waals surface area (Å²) < 4.78 is 57.1. The highest BCUT2D eigenvalue weighted by Gasteiger charge is 2.31. The summed E-state index contributed by atoms with van der Waals surface area (Å²) >= 11 is 5.85. The Hall–Kier alpha value is -3.57. The SMILES string of the molecule is N#C/C(=C\c1ccc(-c2ccc(F)cc2)o1)C(=O)Nc1cc(C(F)(F)F)ccc1Cl. The van der Waals surface area contributed by atoms with Gasteiger partial charge < -0.3 is 9.73 Å². The van der Waals surface area contributed by atoms with Crippen molar-refractivity contribution in [3.8, 4) is 17.4 Å². The van der Waals surface area contributed by atoms with E-state index in [4.69, 9.17) is 16.0 Å². The highest BCUT2D eigenvalue weighted by atomic mass is 35.5. The highest BCUT2D eigenvalue weighted by Crippen LogP contribution is 2.34. The molecule has 1 heterocycles. The zero-order valence-electron chi connectivity index (χ0n) is 14.9. The van der Waals surface area contributed by atoms with Crippen molar-refractivity contribution in [2.45, 2.75) is 6.18 Å². The van der Waals surface area contributed by atoms with E-state index >= 15 is 0 Å². The lowest BCUT2D eigenvalue weighted by Crippen LogP contribution is -2.15. The van der Waals surface area contributed by atoms with Gasteiger partial charge in [0.15, 0.2) is 0 Å². The lowest BCUT2D eigenvalue weighted by atomic mass is 10.1. The first-order chi connectivity index (χ1) is 14.2. The number of hydrogen-bond donors (Lipinski definition) is 1. The molecule has 0 unspecified atom stereocenters. The maximum absolute atomic E-state index is 13.0. The molecule has 30 heavy (non-hydrogen) atoms. The molecule has 152 valence electrons. The molecule has 0 aliphatic heterocycles. The van der Waals surface area contributed by atoms with Gasteiger partial charge in [-0.15, -0.1) is 0 Å². The van der Waals surface area contributed by atoms with E-state index in [0.717, 1.165) is 18.2 Å². The molecule has 0 spiro atoms. The number of alkyl halides is 3. The first-order valence-corrected chi connectivity index (χ1v) is 8.71. The number of carbonyl (C=O) groups is 1. The summed E-state index contributed by atoms with van der Waals surface area (Å²) in [4.78, 5) is 12.4. The van der Waals surface area contributed by atoms with Crippen molar-refractivity contribution in [2.75, 3.05) is 5.32 Å². The Morgan fingerprint density at radius 1 is 1.10 bits per heavy atom. The van der Waals surface area contributed by atoms with Gasteiger partial charge in [0.05, 0.1) is 16.3 Å². The number of nitrogens with one attached hydrogen (secondary N) is 1. The minimum Gasteiger partial charge on any atom is -0.457 e. The number of hydrogen-bond acceptors (Lipinski definition) is 3. The standard InChI is InChI=1S/C21H11ClF4N2O2/c22-17-7-3-14(21(24,25)26)10-18(17)28-20(29)13(11-27)9-16-6-8-19(30-16)12-1-4-15(23)5-2-12/h1-10H,(H,28,29)/b13-9+. The van der Waals surface area contributed by atoms with Crippen molar-refractivity contribution in [3.63, 3.8) is 0 Å². The van der Waals surface area contributed by atoms with E-state index in [2.05, 4.69) is 5.32 Å². The molecule has 0 atom stereocenters. The maximum atomic E-state index is 13.0. The van der Waals surface area contributed by atoms with Crippen molar-refractivity contribution in [3.05, 3.63) is 82.3 Å². The van der Waals surface area contributed by atoms with Crippen LogP contribution in [0.15, 0.2) is 64.6 Å². The van der Waals surface area contributed by atoms with Gasteiger partial charge in [-0.3, -0.25) is 4.79 Å². The van der Waals surface area contributed by atoms with Crippen LogP contribution >= 0.6 is 11.6 Å². The number of nitrogens with zero attached hydrogens (tertiary/aromatic N) is 1. The summed E-state index contributed by atoms with van der Waals surface area (Å²) in [7, 11) is 0. The number of halogens is 5. The van der Waals surface area contributed by atoms with Crippen LogP contribution in [0.4, 0.5) is 23.2 Å². The molecule has 9 heteroatoms. The number of benzene rings is 2. The summed E-state index contributed by atoms with van der Waals surface area (Å²) in [6.07, 6.45) is -3.49. The van der Waals surface area contributed by atoms with Crippen LogP contribution in [0.1, 0.15) is 11.3 Å². The number of amides is 1. The van der Waals surface area contributed by atoms with Crippen LogP contribution in [0.2, 0.25) is 5.02 Å².